The molecule has 0 aromatic heterocycles. The van der Waals surface area contributed by atoms with Crippen molar-refractivity contribution in [1.82, 2.24) is 0 Å². The molecule has 0 saturated carbocycles. The topological polar surface area (TPSA) is 63.2 Å². The Kier molecular flexibility index (Phi) is 5.86. The molecule has 0 bridgehead atoms. The molecule has 2 aromatic carbocycles. The molecule has 2 rings (SSSR count). The molecule has 0 heterocycles. The van der Waals surface area contributed by atoms with Gasteiger partial charge in [0.15, 0.2) is 5.78 Å². The van der Waals surface area contributed by atoms with Crippen molar-refractivity contribution in [2.45, 2.75) is 13.1 Å². The van der Waals surface area contributed by atoms with Crippen LogP contribution >= 0.6 is 0 Å². The molecule has 0 radical (unpaired) electrons. The van der Waals surface area contributed by atoms with Crippen LogP contribution in [0.3, 0.4) is 0 Å². The fourth-order valence-corrected chi connectivity index (χ4v) is 2.65. The molecule has 0 fully saturated rings. The summed E-state index contributed by atoms with van der Waals surface area (Å²) in [5, 5.41) is 0. The zero-order valence-electron chi connectivity index (χ0n) is 13.7. The van der Waals surface area contributed by atoms with Gasteiger partial charge in [-0.2, -0.15) is 13.2 Å². The molecule has 8 heteroatoms. The van der Waals surface area contributed by atoms with Crippen molar-refractivity contribution in [3.05, 3.63) is 71.3 Å². The van der Waals surface area contributed by atoms with Crippen LogP contribution < -0.4 is 4.72 Å². The molecule has 1 N–H and O–H groups in total. The Morgan fingerprint density at radius 3 is 2.12 bits per heavy atom. The molecule has 2 aromatic rings. The number of rotatable bonds is 6. The van der Waals surface area contributed by atoms with Crippen molar-refractivity contribution in [3.63, 3.8) is 0 Å². The molecule has 0 spiro atoms. The summed E-state index contributed by atoms with van der Waals surface area (Å²) < 4.78 is 62.8. The first kappa shape index (κ1) is 19.7. The predicted molar refractivity (Wildman–Crippen MR) is 94.3 cm³/mol. The number of halogens is 3. The minimum Gasteiger partial charge on any atom is -0.289 e. The van der Waals surface area contributed by atoms with Crippen molar-refractivity contribution in [3.8, 4) is 0 Å². The van der Waals surface area contributed by atoms with E-state index in [0.717, 1.165) is 12.1 Å². The third-order valence-electron chi connectivity index (χ3n) is 3.49. The van der Waals surface area contributed by atoms with Crippen LogP contribution in [0.4, 0.5) is 18.9 Å². The Balaban J connectivity index is 2.06. The lowest BCUT2D eigenvalue weighted by molar-refractivity contribution is -0.137. The number of carbonyl (C=O) groups excluding carboxylic acids is 1. The molecular weight excluding hydrogens is 367 g/mol. The lowest BCUT2D eigenvalue weighted by Crippen LogP contribution is -2.14. The van der Waals surface area contributed by atoms with E-state index in [9.17, 15) is 26.4 Å². The van der Waals surface area contributed by atoms with Crippen LogP contribution in [0.1, 0.15) is 28.4 Å². The second kappa shape index (κ2) is 7.74. The van der Waals surface area contributed by atoms with E-state index in [1.54, 1.807) is 0 Å². The average Bonchev–Trinajstić information content (AvgIpc) is 2.59. The Hall–Kier alpha value is -2.61. The Bertz CT molecular complexity index is 900. The number of alkyl halides is 3. The zero-order chi connectivity index (χ0) is 19.4. The van der Waals surface area contributed by atoms with Crippen LogP contribution in [0, 0.1) is 0 Å². The third kappa shape index (κ3) is 5.45. The van der Waals surface area contributed by atoms with Gasteiger partial charge in [0, 0.05) is 11.3 Å². The monoisotopic (exact) mass is 383 g/mol. The first-order valence-electron chi connectivity index (χ1n) is 7.61. The fraction of sp³-hybridized carbons (Fsp3) is 0.167. The first-order valence-corrected chi connectivity index (χ1v) is 9.26. The third-order valence-corrected chi connectivity index (χ3v) is 4.79. The van der Waals surface area contributed by atoms with Gasteiger partial charge >= 0.3 is 6.18 Å². The van der Waals surface area contributed by atoms with Crippen molar-refractivity contribution in [2.75, 3.05) is 10.5 Å². The van der Waals surface area contributed by atoms with Crippen molar-refractivity contribution in [2.24, 2.45) is 0 Å². The second-order valence-electron chi connectivity index (χ2n) is 5.40. The number of benzene rings is 2. The minimum atomic E-state index is -4.40. The number of hydrogen-bond donors (Lipinski definition) is 1. The number of nitrogens with one attached hydrogen (secondary N) is 1. The maximum absolute atomic E-state index is 12.5. The highest BCUT2D eigenvalue weighted by molar-refractivity contribution is 7.92. The van der Waals surface area contributed by atoms with Gasteiger partial charge in [-0.3, -0.25) is 9.52 Å². The summed E-state index contributed by atoms with van der Waals surface area (Å²) in [5.41, 5.74) is 0.368. The molecular formula is C18H16F3NO3S. The Morgan fingerprint density at radius 2 is 1.62 bits per heavy atom. The zero-order valence-corrected chi connectivity index (χ0v) is 14.6. The number of sulfonamides is 1. The maximum Gasteiger partial charge on any atom is 0.416 e. The molecule has 0 aliphatic carbocycles. The molecule has 0 aliphatic heterocycles. The quantitative estimate of drug-likeness (QED) is 0.595. The first-order chi connectivity index (χ1) is 12.1. The van der Waals surface area contributed by atoms with E-state index in [-0.39, 0.29) is 11.5 Å². The Labute approximate surface area is 149 Å². The van der Waals surface area contributed by atoms with Crippen LogP contribution in [0.5, 0.6) is 0 Å². The molecule has 0 saturated heterocycles. The lowest BCUT2D eigenvalue weighted by atomic mass is 10.1. The summed E-state index contributed by atoms with van der Waals surface area (Å²) in [6, 6.07) is 10.3. The number of ketones is 1. The van der Waals surface area contributed by atoms with Crippen LogP contribution in [0.15, 0.2) is 54.6 Å². The summed E-state index contributed by atoms with van der Waals surface area (Å²) in [6.45, 7) is 1.51. The van der Waals surface area contributed by atoms with Gasteiger partial charge in [0.1, 0.15) is 0 Å². The van der Waals surface area contributed by atoms with Gasteiger partial charge in [-0.05, 0) is 55.0 Å². The van der Waals surface area contributed by atoms with Gasteiger partial charge in [0.2, 0.25) is 10.0 Å². The number of carbonyl (C=O) groups is 1. The molecule has 4 nitrogen and oxygen atoms in total. The highest BCUT2D eigenvalue weighted by atomic mass is 32.2. The van der Waals surface area contributed by atoms with Crippen molar-refractivity contribution < 1.29 is 26.4 Å². The van der Waals surface area contributed by atoms with Gasteiger partial charge < -0.3 is 0 Å². The molecule has 0 atom stereocenters. The minimum absolute atomic E-state index is 0.0659. The summed E-state index contributed by atoms with van der Waals surface area (Å²) in [5.74, 6) is -0.418. The van der Waals surface area contributed by atoms with Crippen LogP contribution in [0.2, 0.25) is 0 Å². The van der Waals surface area contributed by atoms with Crippen molar-refractivity contribution in [1.29, 1.82) is 0 Å². The van der Waals surface area contributed by atoms with Gasteiger partial charge in [-0.1, -0.05) is 18.2 Å². The summed E-state index contributed by atoms with van der Waals surface area (Å²) in [7, 11) is -3.39. The van der Waals surface area contributed by atoms with Gasteiger partial charge in [-0.25, -0.2) is 8.42 Å². The molecule has 138 valence electrons. The van der Waals surface area contributed by atoms with E-state index in [2.05, 4.69) is 4.72 Å². The molecule has 0 unspecified atom stereocenters. The fourth-order valence-electron chi connectivity index (χ4n) is 2.01. The SMILES string of the molecule is CCS(=O)(=O)Nc1ccc(C(=O)C=Cc2ccc(C(F)(F)F)cc2)cc1. The molecule has 26 heavy (non-hydrogen) atoms. The second-order valence-corrected chi connectivity index (χ2v) is 7.41. The van der Waals surface area contributed by atoms with E-state index in [1.807, 2.05) is 0 Å². The van der Waals surface area contributed by atoms with Gasteiger partial charge in [0.25, 0.3) is 0 Å². The van der Waals surface area contributed by atoms with E-state index >= 15 is 0 Å². The smallest absolute Gasteiger partial charge is 0.289 e. The van der Waals surface area contributed by atoms with Gasteiger partial charge in [0.05, 0.1) is 11.3 Å². The van der Waals surface area contributed by atoms with Crippen LogP contribution in [0.25, 0.3) is 6.08 Å². The van der Waals surface area contributed by atoms with E-state index in [0.29, 0.717) is 16.8 Å². The van der Waals surface area contributed by atoms with E-state index in [1.165, 1.54) is 55.5 Å². The average molecular weight is 383 g/mol. The normalized spacial score (nSPS) is 12.3. The Morgan fingerprint density at radius 1 is 1.04 bits per heavy atom. The maximum atomic E-state index is 12.5. The predicted octanol–water partition coefficient (Wildman–Crippen LogP) is 4.36. The largest absolute Gasteiger partial charge is 0.416 e. The van der Waals surface area contributed by atoms with Crippen molar-refractivity contribution >= 4 is 27.6 Å². The lowest BCUT2D eigenvalue weighted by Gasteiger charge is -2.06. The van der Waals surface area contributed by atoms with E-state index in [4.69, 9.17) is 0 Å². The number of hydrogen-bond acceptors (Lipinski definition) is 3. The van der Waals surface area contributed by atoms with Gasteiger partial charge in [-0.15, -0.1) is 0 Å². The molecule has 0 aliphatic rings. The number of allylic oxidation sites excluding steroid dienone is 1. The number of anilines is 1. The summed E-state index contributed by atoms with van der Waals surface area (Å²) in [6.07, 6.45) is -1.75. The summed E-state index contributed by atoms with van der Waals surface area (Å²) in [4.78, 5) is 12.1. The van der Waals surface area contributed by atoms with Crippen LogP contribution in [-0.2, 0) is 16.2 Å². The molecule has 0 amide bonds. The standard InChI is InChI=1S/C18H16F3NO3S/c1-2-26(24,25)22-16-10-6-14(7-11-16)17(23)12-5-13-3-8-15(9-4-13)18(19,20)21/h3-12,22H,2H2,1H3. The summed E-state index contributed by atoms with van der Waals surface area (Å²) >= 11 is 0. The highest BCUT2D eigenvalue weighted by Gasteiger charge is 2.29. The van der Waals surface area contributed by atoms with Crippen LogP contribution in [-0.4, -0.2) is 20.0 Å². The highest BCUT2D eigenvalue weighted by Crippen LogP contribution is 2.29. The van der Waals surface area contributed by atoms with E-state index < -0.39 is 21.8 Å².